The Kier molecular flexibility index (Phi) is 8.53. The molecule has 80 valence electrons. The van der Waals surface area contributed by atoms with Crippen LogP contribution in [0.3, 0.4) is 0 Å². The Morgan fingerprint density at radius 3 is 2.00 bits per heavy atom. The molecule has 0 amide bonds. The van der Waals surface area contributed by atoms with Crippen LogP contribution in [0.4, 0.5) is 0 Å². The Hall–Kier alpha value is -0.0400. The predicted octanol–water partition coefficient (Wildman–Crippen LogP) is 3.58. The van der Waals surface area contributed by atoms with Gasteiger partial charge in [0.15, 0.2) is 0 Å². The Bertz CT molecular complexity index is 97.3. The van der Waals surface area contributed by atoms with Crippen LogP contribution in [-0.2, 0) is 0 Å². The molecular weight excluding hydrogens is 158 g/mol. The molecule has 2 N–H and O–H groups in total. The van der Waals surface area contributed by atoms with Gasteiger partial charge in [-0.3, -0.25) is 0 Å². The molecular formula is C12H27N. The molecule has 0 saturated carbocycles. The van der Waals surface area contributed by atoms with E-state index in [1.807, 2.05) is 0 Å². The SMILES string of the molecule is CCCCC(CC)C[C@@H](CC)CN. The lowest BCUT2D eigenvalue weighted by Crippen LogP contribution is -2.17. The molecule has 0 aromatic heterocycles. The molecule has 0 aliphatic rings. The quantitative estimate of drug-likeness (QED) is 0.614. The van der Waals surface area contributed by atoms with Gasteiger partial charge >= 0.3 is 0 Å². The first-order valence-corrected chi connectivity index (χ1v) is 5.98. The van der Waals surface area contributed by atoms with Crippen molar-refractivity contribution < 1.29 is 0 Å². The lowest BCUT2D eigenvalue weighted by atomic mass is 9.87. The van der Waals surface area contributed by atoms with Gasteiger partial charge in [0, 0.05) is 0 Å². The van der Waals surface area contributed by atoms with Crippen molar-refractivity contribution in [3.05, 3.63) is 0 Å². The molecule has 2 atom stereocenters. The lowest BCUT2D eigenvalue weighted by Gasteiger charge is -2.20. The molecule has 0 radical (unpaired) electrons. The van der Waals surface area contributed by atoms with Crippen LogP contribution < -0.4 is 5.73 Å². The lowest BCUT2D eigenvalue weighted by molar-refractivity contribution is 0.335. The monoisotopic (exact) mass is 185 g/mol. The van der Waals surface area contributed by atoms with Gasteiger partial charge in [0.25, 0.3) is 0 Å². The van der Waals surface area contributed by atoms with E-state index >= 15 is 0 Å². The van der Waals surface area contributed by atoms with Gasteiger partial charge in [0.2, 0.25) is 0 Å². The molecule has 13 heavy (non-hydrogen) atoms. The molecule has 0 aromatic rings. The minimum Gasteiger partial charge on any atom is -0.330 e. The second-order valence-corrected chi connectivity index (χ2v) is 4.16. The summed E-state index contributed by atoms with van der Waals surface area (Å²) < 4.78 is 0. The molecule has 0 spiro atoms. The van der Waals surface area contributed by atoms with E-state index in [1.165, 1.54) is 38.5 Å². The summed E-state index contributed by atoms with van der Waals surface area (Å²) in [6.45, 7) is 7.71. The Balaban J connectivity index is 3.67. The first-order valence-electron chi connectivity index (χ1n) is 5.98. The third-order valence-corrected chi connectivity index (χ3v) is 3.12. The smallest absolute Gasteiger partial charge is 0.00489 e. The number of hydrogen-bond donors (Lipinski definition) is 1. The average molecular weight is 185 g/mol. The van der Waals surface area contributed by atoms with Crippen LogP contribution in [0.5, 0.6) is 0 Å². The van der Waals surface area contributed by atoms with Crippen molar-refractivity contribution >= 4 is 0 Å². The Labute approximate surface area is 84.1 Å². The van der Waals surface area contributed by atoms with Crippen molar-refractivity contribution in [2.75, 3.05) is 6.54 Å². The van der Waals surface area contributed by atoms with E-state index in [9.17, 15) is 0 Å². The van der Waals surface area contributed by atoms with Crippen molar-refractivity contribution in [1.82, 2.24) is 0 Å². The third kappa shape index (κ3) is 6.09. The van der Waals surface area contributed by atoms with E-state index in [1.54, 1.807) is 0 Å². The van der Waals surface area contributed by atoms with E-state index in [0.717, 1.165) is 18.4 Å². The van der Waals surface area contributed by atoms with Gasteiger partial charge in [-0.25, -0.2) is 0 Å². The second-order valence-electron chi connectivity index (χ2n) is 4.16. The van der Waals surface area contributed by atoms with Gasteiger partial charge < -0.3 is 5.73 Å². The van der Waals surface area contributed by atoms with Crippen LogP contribution in [-0.4, -0.2) is 6.54 Å². The molecule has 0 aliphatic carbocycles. The summed E-state index contributed by atoms with van der Waals surface area (Å²) in [5.41, 5.74) is 5.71. The minimum atomic E-state index is 0.766. The number of hydrogen-bond acceptors (Lipinski definition) is 1. The Morgan fingerprint density at radius 2 is 1.62 bits per heavy atom. The van der Waals surface area contributed by atoms with Gasteiger partial charge in [-0.2, -0.15) is 0 Å². The fraction of sp³-hybridized carbons (Fsp3) is 1.00. The molecule has 0 aromatic carbocycles. The average Bonchev–Trinajstić information content (AvgIpc) is 2.19. The van der Waals surface area contributed by atoms with Crippen LogP contribution in [0.2, 0.25) is 0 Å². The standard InChI is InChI=1S/C12H27N/c1-4-7-8-11(5-2)9-12(6-3)10-13/h11-12H,4-10,13H2,1-3H3/t11?,12-/m1/s1. The van der Waals surface area contributed by atoms with Crippen molar-refractivity contribution in [2.45, 2.75) is 59.3 Å². The highest BCUT2D eigenvalue weighted by Gasteiger charge is 2.11. The summed E-state index contributed by atoms with van der Waals surface area (Å²) in [7, 11) is 0. The number of nitrogens with two attached hydrogens (primary N) is 1. The normalized spacial score (nSPS) is 15.7. The summed E-state index contributed by atoms with van der Waals surface area (Å²) in [6.07, 6.45) is 8.05. The summed E-state index contributed by atoms with van der Waals surface area (Å²) in [5, 5.41) is 0. The van der Waals surface area contributed by atoms with Crippen LogP contribution in [0.15, 0.2) is 0 Å². The molecule has 1 unspecified atom stereocenters. The second kappa shape index (κ2) is 8.55. The first-order chi connectivity index (χ1) is 6.28. The van der Waals surface area contributed by atoms with E-state index in [0.29, 0.717) is 0 Å². The molecule has 0 bridgehead atoms. The topological polar surface area (TPSA) is 26.0 Å². The van der Waals surface area contributed by atoms with Crippen molar-refractivity contribution in [3.8, 4) is 0 Å². The van der Waals surface area contributed by atoms with E-state index < -0.39 is 0 Å². The van der Waals surface area contributed by atoms with Crippen molar-refractivity contribution in [3.63, 3.8) is 0 Å². The van der Waals surface area contributed by atoms with Crippen molar-refractivity contribution in [2.24, 2.45) is 17.6 Å². The van der Waals surface area contributed by atoms with Gasteiger partial charge in [0.05, 0.1) is 0 Å². The van der Waals surface area contributed by atoms with Crippen LogP contribution in [0.1, 0.15) is 59.3 Å². The molecule has 0 rings (SSSR count). The van der Waals surface area contributed by atoms with Gasteiger partial charge in [-0.15, -0.1) is 0 Å². The zero-order valence-corrected chi connectivity index (χ0v) is 9.68. The third-order valence-electron chi connectivity index (χ3n) is 3.12. The van der Waals surface area contributed by atoms with Crippen molar-refractivity contribution in [1.29, 1.82) is 0 Å². The fourth-order valence-corrected chi connectivity index (χ4v) is 1.88. The highest BCUT2D eigenvalue weighted by Crippen LogP contribution is 2.22. The summed E-state index contributed by atoms with van der Waals surface area (Å²) in [5.74, 6) is 1.69. The minimum absolute atomic E-state index is 0.766. The first kappa shape index (κ1) is 13.0. The molecule has 0 saturated heterocycles. The Morgan fingerprint density at radius 1 is 1.00 bits per heavy atom. The highest BCUT2D eigenvalue weighted by atomic mass is 14.5. The van der Waals surface area contributed by atoms with E-state index in [4.69, 9.17) is 5.73 Å². The summed E-state index contributed by atoms with van der Waals surface area (Å²) in [6, 6.07) is 0. The number of unbranched alkanes of at least 4 members (excludes halogenated alkanes) is 1. The molecule has 1 heteroatoms. The fourth-order valence-electron chi connectivity index (χ4n) is 1.88. The maximum Gasteiger partial charge on any atom is -0.00489 e. The highest BCUT2D eigenvalue weighted by molar-refractivity contribution is 4.65. The van der Waals surface area contributed by atoms with E-state index in [2.05, 4.69) is 20.8 Å². The van der Waals surface area contributed by atoms with Crippen LogP contribution in [0.25, 0.3) is 0 Å². The van der Waals surface area contributed by atoms with Gasteiger partial charge in [0.1, 0.15) is 0 Å². The molecule has 1 nitrogen and oxygen atoms in total. The largest absolute Gasteiger partial charge is 0.330 e. The number of rotatable bonds is 8. The van der Waals surface area contributed by atoms with E-state index in [-0.39, 0.29) is 0 Å². The molecule has 0 aliphatic heterocycles. The summed E-state index contributed by atoms with van der Waals surface area (Å²) >= 11 is 0. The zero-order valence-electron chi connectivity index (χ0n) is 9.68. The molecule has 0 fully saturated rings. The zero-order chi connectivity index (χ0) is 10.1. The summed E-state index contributed by atoms with van der Waals surface area (Å²) in [4.78, 5) is 0. The molecule has 0 heterocycles. The maximum atomic E-state index is 5.71. The van der Waals surface area contributed by atoms with Crippen LogP contribution >= 0.6 is 0 Å². The maximum absolute atomic E-state index is 5.71. The van der Waals surface area contributed by atoms with Gasteiger partial charge in [-0.05, 0) is 24.8 Å². The van der Waals surface area contributed by atoms with Gasteiger partial charge in [-0.1, -0.05) is 52.9 Å². The van der Waals surface area contributed by atoms with Crippen LogP contribution in [0, 0.1) is 11.8 Å². The predicted molar refractivity (Wildman–Crippen MR) is 60.8 cm³/mol.